The van der Waals surface area contributed by atoms with Gasteiger partial charge in [0.15, 0.2) is 0 Å². The van der Waals surface area contributed by atoms with Crippen molar-refractivity contribution in [3.8, 4) is 5.75 Å². The van der Waals surface area contributed by atoms with Gasteiger partial charge in [0.2, 0.25) is 0 Å². The Balaban J connectivity index is 1.75. The predicted octanol–water partition coefficient (Wildman–Crippen LogP) is 1.49. The number of rotatable bonds is 7. The number of hydrogen-bond donors (Lipinski definition) is 1. The van der Waals surface area contributed by atoms with E-state index < -0.39 is 0 Å². The molecule has 1 aliphatic rings. The lowest BCUT2D eigenvalue weighted by molar-refractivity contribution is -0.676. The van der Waals surface area contributed by atoms with Crippen molar-refractivity contribution in [2.75, 3.05) is 19.8 Å². The molecule has 1 aromatic rings. The highest BCUT2D eigenvalue weighted by molar-refractivity contribution is 5.28. The molecule has 98 valence electrons. The minimum Gasteiger partial charge on any atom is -0.490 e. The van der Waals surface area contributed by atoms with Gasteiger partial charge in [-0.05, 0) is 25.0 Å². The van der Waals surface area contributed by atoms with E-state index in [9.17, 15) is 0 Å². The molecule has 1 aliphatic heterocycles. The van der Waals surface area contributed by atoms with Crippen LogP contribution in [0, 0.1) is 0 Å². The van der Waals surface area contributed by atoms with E-state index in [0.29, 0.717) is 12.7 Å². The van der Waals surface area contributed by atoms with Crippen LogP contribution in [-0.4, -0.2) is 25.9 Å². The first-order valence-corrected chi connectivity index (χ1v) is 6.64. The average molecular weight is 248 g/mol. The van der Waals surface area contributed by atoms with Gasteiger partial charge in [-0.15, -0.1) is 0 Å². The van der Waals surface area contributed by atoms with Crippen molar-refractivity contribution < 1.29 is 14.8 Å². The molecule has 0 spiro atoms. The zero-order valence-corrected chi connectivity index (χ0v) is 10.8. The first kappa shape index (κ1) is 13.1. The fraction of sp³-hybridized carbons (Fsp3) is 0.467. The van der Waals surface area contributed by atoms with Gasteiger partial charge in [-0.2, -0.15) is 0 Å². The van der Waals surface area contributed by atoms with Gasteiger partial charge in [-0.25, -0.2) is 0 Å². The summed E-state index contributed by atoms with van der Waals surface area (Å²) in [4.78, 5) is 0. The summed E-state index contributed by atoms with van der Waals surface area (Å²) >= 11 is 0. The van der Waals surface area contributed by atoms with Crippen molar-refractivity contribution in [3.63, 3.8) is 0 Å². The number of benzene rings is 1. The lowest BCUT2D eigenvalue weighted by Crippen LogP contribution is -2.84. The molecule has 0 saturated carbocycles. The van der Waals surface area contributed by atoms with Crippen LogP contribution in [-0.2, 0) is 11.3 Å². The molecular formula is C15H22NO2+. The monoisotopic (exact) mass is 248 g/mol. The van der Waals surface area contributed by atoms with Crippen LogP contribution in [0.4, 0.5) is 0 Å². The lowest BCUT2D eigenvalue weighted by atomic mass is 10.2. The summed E-state index contributed by atoms with van der Waals surface area (Å²) in [6.07, 6.45) is 4.63. The van der Waals surface area contributed by atoms with Gasteiger partial charge in [0.25, 0.3) is 0 Å². The fourth-order valence-corrected chi connectivity index (χ4v) is 2.18. The summed E-state index contributed by atoms with van der Waals surface area (Å²) < 4.78 is 11.1. The predicted molar refractivity (Wildman–Crippen MR) is 71.6 cm³/mol. The van der Waals surface area contributed by atoms with Gasteiger partial charge in [-0.3, -0.25) is 0 Å². The molecule has 1 aromatic carbocycles. The van der Waals surface area contributed by atoms with Gasteiger partial charge in [0.1, 0.15) is 31.5 Å². The van der Waals surface area contributed by atoms with E-state index >= 15 is 0 Å². The summed E-state index contributed by atoms with van der Waals surface area (Å²) in [6.45, 7) is 7.17. The Kier molecular flexibility index (Phi) is 5.24. The largest absolute Gasteiger partial charge is 0.490 e. The van der Waals surface area contributed by atoms with E-state index in [-0.39, 0.29) is 0 Å². The third kappa shape index (κ3) is 4.17. The molecule has 18 heavy (non-hydrogen) atoms. The first-order chi connectivity index (χ1) is 8.88. The van der Waals surface area contributed by atoms with Gasteiger partial charge in [0.05, 0.1) is 0 Å². The highest BCUT2D eigenvalue weighted by Crippen LogP contribution is 2.13. The summed E-state index contributed by atoms with van der Waals surface area (Å²) in [5, 5.41) is 2.31. The highest BCUT2D eigenvalue weighted by Gasteiger charge is 2.16. The van der Waals surface area contributed by atoms with E-state index in [2.05, 4.69) is 24.0 Å². The van der Waals surface area contributed by atoms with Crippen LogP contribution in [0.5, 0.6) is 5.75 Å². The molecule has 0 aliphatic carbocycles. The Hall–Kier alpha value is -1.32. The zero-order chi connectivity index (χ0) is 12.6. The maximum atomic E-state index is 5.60. The van der Waals surface area contributed by atoms with Crippen LogP contribution in [0.3, 0.4) is 0 Å². The molecule has 0 amide bonds. The molecule has 2 N–H and O–H groups in total. The van der Waals surface area contributed by atoms with E-state index in [1.807, 2.05) is 12.1 Å². The number of quaternary nitrogens is 1. The standard InChI is InChI=1S/C15H21NO2/c1-2-8-17-14-6-3-5-13(10-14)11-16-12-15-7-4-9-18-15/h2-3,5-6,10,15-16H,1,4,7-9,11-12H2/p+1/t15-/m0/s1. The Morgan fingerprint density at radius 1 is 1.50 bits per heavy atom. The molecule has 0 radical (unpaired) electrons. The third-order valence-corrected chi connectivity index (χ3v) is 3.10. The molecule has 0 unspecified atom stereocenters. The second-order valence-electron chi connectivity index (χ2n) is 4.61. The maximum absolute atomic E-state index is 5.60. The Bertz CT molecular complexity index is 373. The Morgan fingerprint density at radius 3 is 3.22 bits per heavy atom. The smallest absolute Gasteiger partial charge is 0.120 e. The molecule has 1 heterocycles. The summed E-state index contributed by atoms with van der Waals surface area (Å²) in [7, 11) is 0. The number of hydrogen-bond acceptors (Lipinski definition) is 2. The second kappa shape index (κ2) is 7.19. The normalized spacial score (nSPS) is 18.8. The van der Waals surface area contributed by atoms with E-state index in [1.54, 1.807) is 6.08 Å². The van der Waals surface area contributed by atoms with Crippen molar-refractivity contribution in [1.29, 1.82) is 0 Å². The van der Waals surface area contributed by atoms with Crippen LogP contribution in [0.25, 0.3) is 0 Å². The van der Waals surface area contributed by atoms with Gasteiger partial charge in [0, 0.05) is 12.2 Å². The van der Waals surface area contributed by atoms with Crippen molar-refractivity contribution in [1.82, 2.24) is 0 Å². The Morgan fingerprint density at radius 2 is 2.44 bits per heavy atom. The van der Waals surface area contributed by atoms with E-state index in [1.165, 1.54) is 18.4 Å². The quantitative estimate of drug-likeness (QED) is 0.742. The molecule has 0 aromatic heterocycles. The molecule has 1 saturated heterocycles. The first-order valence-electron chi connectivity index (χ1n) is 6.64. The fourth-order valence-electron chi connectivity index (χ4n) is 2.18. The summed E-state index contributed by atoms with van der Waals surface area (Å²) in [5.41, 5.74) is 1.29. The molecule has 3 nitrogen and oxygen atoms in total. The minimum atomic E-state index is 0.449. The van der Waals surface area contributed by atoms with E-state index in [4.69, 9.17) is 9.47 Å². The van der Waals surface area contributed by atoms with Crippen molar-refractivity contribution >= 4 is 0 Å². The van der Waals surface area contributed by atoms with Crippen LogP contribution in [0.1, 0.15) is 18.4 Å². The summed E-state index contributed by atoms with van der Waals surface area (Å²) in [5.74, 6) is 0.915. The van der Waals surface area contributed by atoms with Crippen molar-refractivity contribution in [2.24, 2.45) is 0 Å². The van der Waals surface area contributed by atoms with Crippen LogP contribution in [0.2, 0.25) is 0 Å². The van der Waals surface area contributed by atoms with Gasteiger partial charge in [-0.1, -0.05) is 24.8 Å². The highest BCUT2D eigenvalue weighted by atomic mass is 16.5. The van der Waals surface area contributed by atoms with Gasteiger partial charge >= 0.3 is 0 Å². The molecular weight excluding hydrogens is 226 g/mol. The van der Waals surface area contributed by atoms with Crippen LogP contribution >= 0.6 is 0 Å². The lowest BCUT2D eigenvalue weighted by Gasteiger charge is -2.09. The third-order valence-electron chi connectivity index (χ3n) is 3.10. The molecule has 3 heteroatoms. The van der Waals surface area contributed by atoms with Crippen LogP contribution < -0.4 is 10.1 Å². The number of nitrogens with two attached hydrogens (primary N) is 1. The molecule has 1 atom stereocenters. The minimum absolute atomic E-state index is 0.449. The van der Waals surface area contributed by atoms with Gasteiger partial charge < -0.3 is 14.8 Å². The molecule has 2 rings (SSSR count). The average Bonchev–Trinajstić information content (AvgIpc) is 2.90. The van der Waals surface area contributed by atoms with Crippen molar-refractivity contribution in [2.45, 2.75) is 25.5 Å². The Labute approximate surface area is 109 Å². The maximum Gasteiger partial charge on any atom is 0.120 e. The van der Waals surface area contributed by atoms with Crippen LogP contribution in [0.15, 0.2) is 36.9 Å². The summed E-state index contributed by atoms with van der Waals surface area (Å²) in [6, 6.07) is 8.24. The SMILES string of the molecule is C=CCOc1cccc(C[NH2+]C[C@@H]2CCCO2)c1. The topological polar surface area (TPSA) is 35.1 Å². The second-order valence-corrected chi connectivity index (χ2v) is 4.61. The molecule has 0 bridgehead atoms. The van der Waals surface area contributed by atoms with Crippen molar-refractivity contribution in [3.05, 3.63) is 42.5 Å². The number of ether oxygens (including phenoxy) is 2. The van der Waals surface area contributed by atoms with E-state index in [0.717, 1.165) is 25.4 Å². The molecule has 1 fully saturated rings. The zero-order valence-electron chi connectivity index (χ0n) is 10.8.